The zero-order chi connectivity index (χ0) is 15.2. The summed E-state index contributed by atoms with van der Waals surface area (Å²) in [5.41, 5.74) is 0.507. The monoisotopic (exact) mass is 285 g/mol. The highest BCUT2D eigenvalue weighted by molar-refractivity contribution is 5.86. The molecule has 0 aromatic heterocycles. The first-order valence-electron chi connectivity index (χ1n) is 6.12. The number of benzene rings is 2. The molecule has 2 rings (SSSR count). The van der Waals surface area contributed by atoms with Gasteiger partial charge in [-0.15, -0.1) is 5.75 Å². The quantitative estimate of drug-likeness (QED) is 0.854. The van der Waals surface area contributed by atoms with E-state index in [-0.39, 0.29) is 5.75 Å². The van der Waals surface area contributed by atoms with Crippen LogP contribution in [0.4, 0.5) is 0 Å². The van der Waals surface area contributed by atoms with E-state index < -0.39 is 5.97 Å². The largest absolute Gasteiger partial charge is 0.872 e. The van der Waals surface area contributed by atoms with E-state index in [1.807, 2.05) is 0 Å². The topological polar surface area (TPSA) is 78.8 Å². The van der Waals surface area contributed by atoms with Gasteiger partial charge in [0.05, 0.1) is 7.11 Å². The van der Waals surface area contributed by atoms with Gasteiger partial charge in [0.1, 0.15) is 17.2 Å². The van der Waals surface area contributed by atoms with E-state index in [9.17, 15) is 9.90 Å². The number of carboxylic acids is 1. The summed E-state index contributed by atoms with van der Waals surface area (Å²) in [6.45, 7) is 0. The Hall–Kier alpha value is -2.95. The van der Waals surface area contributed by atoms with Crippen LogP contribution in [-0.4, -0.2) is 18.2 Å². The van der Waals surface area contributed by atoms with Crippen molar-refractivity contribution < 1.29 is 24.5 Å². The van der Waals surface area contributed by atoms with Crippen LogP contribution in [0, 0.1) is 0 Å². The minimum Gasteiger partial charge on any atom is -0.872 e. The maximum Gasteiger partial charge on any atom is 0.328 e. The van der Waals surface area contributed by atoms with Crippen LogP contribution < -0.4 is 14.6 Å². The molecule has 108 valence electrons. The summed E-state index contributed by atoms with van der Waals surface area (Å²) in [7, 11) is 1.56. The minimum absolute atomic E-state index is 0.217. The SMILES string of the molecule is COc1ccc(Oc2cc([O-])ccc2C=CC(=O)O)cc1. The molecule has 0 spiro atoms. The normalized spacial score (nSPS) is 10.5. The first kappa shape index (κ1) is 14.5. The van der Waals surface area contributed by atoms with Crippen molar-refractivity contribution in [2.75, 3.05) is 7.11 Å². The Labute approximate surface area is 121 Å². The molecule has 2 aromatic carbocycles. The molecule has 0 atom stereocenters. The van der Waals surface area contributed by atoms with Crippen LogP contribution in [0.25, 0.3) is 6.08 Å². The second-order valence-electron chi connectivity index (χ2n) is 4.15. The number of hydrogen-bond donors (Lipinski definition) is 1. The van der Waals surface area contributed by atoms with Crippen LogP contribution >= 0.6 is 0 Å². The van der Waals surface area contributed by atoms with Crippen LogP contribution in [0.2, 0.25) is 0 Å². The Morgan fingerprint density at radius 3 is 2.43 bits per heavy atom. The summed E-state index contributed by atoms with van der Waals surface area (Å²) in [6.07, 6.45) is 2.36. The third kappa shape index (κ3) is 4.01. The Balaban J connectivity index is 2.28. The van der Waals surface area contributed by atoms with Crippen LogP contribution in [0.15, 0.2) is 48.5 Å². The molecule has 0 aliphatic rings. The molecule has 0 amide bonds. The molecule has 0 saturated carbocycles. The van der Waals surface area contributed by atoms with Crippen LogP contribution in [-0.2, 0) is 4.79 Å². The van der Waals surface area contributed by atoms with Crippen molar-refractivity contribution in [3.05, 3.63) is 54.1 Å². The lowest BCUT2D eigenvalue weighted by atomic mass is 10.1. The van der Waals surface area contributed by atoms with Gasteiger partial charge in [-0.3, -0.25) is 0 Å². The van der Waals surface area contributed by atoms with Gasteiger partial charge < -0.3 is 19.7 Å². The van der Waals surface area contributed by atoms with Crippen molar-refractivity contribution in [1.29, 1.82) is 0 Å². The minimum atomic E-state index is -1.07. The fraction of sp³-hybridized carbons (Fsp3) is 0.0625. The lowest BCUT2D eigenvalue weighted by Crippen LogP contribution is -1.94. The van der Waals surface area contributed by atoms with E-state index >= 15 is 0 Å². The number of hydrogen-bond acceptors (Lipinski definition) is 4. The van der Waals surface area contributed by atoms with Crippen molar-refractivity contribution in [2.24, 2.45) is 0 Å². The number of ether oxygens (including phenoxy) is 2. The van der Waals surface area contributed by atoms with Crippen molar-refractivity contribution in [3.8, 4) is 23.0 Å². The molecule has 0 saturated heterocycles. The highest BCUT2D eigenvalue weighted by atomic mass is 16.5. The molecular weight excluding hydrogens is 272 g/mol. The molecule has 0 aliphatic heterocycles. The number of methoxy groups -OCH3 is 1. The van der Waals surface area contributed by atoms with Gasteiger partial charge in [-0.2, -0.15) is 0 Å². The predicted octanol–water partition coefficient (Wildman–Crippen LogP) is 2.66. The molecule has 0 aliphatic carbocycles. The molecule has 0 bridgehead atoms. The Morgan fingerprint density at radius 2 is 1.81 bits per heavy atom. The predicted molar refractivity (Wildman–Crippen MR) is 75.6 cm³/mol. The second kappa shape index (κ2) is 6.47. The molecule has 0 fully saturated rings. The zero-order valence-electron chi connectivity index (χ0n) is 11.3. The Morgan fingerprint density at radius 1 is 1.14 bits per heavy atom. The van der Waals surface area contributed by atoms with E-state index in [2.05, 4.69) is 0 Å². The summed E-state index contributed by atoms with van der Waals surface area (Å²) in [6, 6.07) is 11.0. The summed E-state index contributed by atoms with van der Waals surface area (Å²) < 4.78 is 10.7. The Bertz CT molecular complexity index is 659. The molecule has 0 unspecified atom stereocenters. The molecule has 0 radical (unpaired) electrons. The number of carboxylic acid groups (broad SMARTS) is 1. The average molecular weight is 285 g/mol. The third-order valence-electron chi connectivity index (χ3n) is 2.68. The summed E-state index contributed by atoms with van der Waals surface area (Å²) in [5.74, 6) is 0.213. The fourth-order valence-corrected chi connectivity index (χ4v) is 1.67. The standard InChI is InChI=1S/C16H14O5/c1-20-13-5-7-14(8-6-13)21-15-10-12(17)4-2-11(15)3-9-16(18)19/h2-10,17H,1H3,(H,18,19)/p-1. The van der Waals surface area contributed by atoms with Gasteiger partial charge in [0.25, 0.3) is 0 Å². The maximum atomic E-state index is 11.4. The first-order valence-corrected chi connectivity index (χ1v) is 6.12. The second-order valence-corrected chi connectivity index (χ2v) is 4.15. The van der Waals surface area contributed by atoms with Crippen molar-refractivity contribution in [3.63, 3.8) is 0 Å². The van der Waals surface area contributed by atoms with E-state index in [1.54, 1.807) is 31.4 Å². The average Bonchev–Trinajstić information content (AvgIpc) is 2.47. The lowest BCUT2D eigenvalue weighted by Gasteiger charge is -2.13. The molecule has 5 nitrogen and oxygen atoms in total. The molecule has 5 heteroatoms. The molecular formula is C16H13O5-. The van der Waals surface area contributed by atoms with E-state index in [0.29, 0.717) is 22.8 Å². The zero-order valence-corrected chi connectivity index (χ0v) is 11.3. The van der Waals surface area contributed by atoms with Crippen molar-refractivity contribution >= 4 is 12.0 Å². The number of rotatable bonds is 5. The number of aliphatic carboxylic acids is 1. The molecule has 0 heterocycles. The van der Waals surface area contributed by atoms with Crippen molar-refractivity contribution in [1.82, 2.24) is 0 Å². The molecule has 21 heavy (non-hydrogen) atoms. The van der Waals surface area contributed by atoms with Gasteiger partial charge in [0.15, 0.2) is 0 Å². The van der Waals surface area contributed by atoms with Gasteiger partial charge in [-0.25, -0.2) is 4.79 Å². The van der Waals surface area contributed by atoms with E-state index in [4.69, 9.17) is 14.6 Å². The highest BCUT2D eigenvalue weighted by Gasteiger charge is 2.03. The third-order valence-corrected chi connectivity index (χ3v) is 2.68. The van der Waals surface area contributed by atoms with Crippen LogP contribution in [0.5, 0.6) is 23.0 Å². The van der Waals surface area contributed by atoms with Gasteiger partial charge >= 0.3 is 5.97 Å². The van der Waals surface area contributed by atoms with Crippen LogP contribution in [0.3, 0.4) is 0 Å². The summed E-state index contributed by atoms with van der Waals surface area (Å²) in [4.78, 5) is 10.6. The fourth-order valence-electron chi connectivity index (χ4n) is 1.67. The van der Waals surface area contributed by atoms with E-state index in [0.717, 1.165) is 6.08 Å². The molecule has 1 N–H and O–H groups in total. The van der Waals surface area contributed by atoms with Crippen LogP contribution in [0.1, 0.15) is 5.56 Å². The smallest absolute Gasteiger partial charge is 0.328 e. The van der Waals surface area contributed by atoms with Crippen molar-refractivity contribution in [2.45, 2.75) is 0 Å². The van der Waals surface area contributed by atoms with Gasteiger partial charge in [-0.05, 0) is 36.4 Å². The lowest BCUT2D eigenvalue weighted by molar-refractivity contribution is -0.268. The van der Waals surface area contributed by atoms with Gasteiger partial charge in [0.2, 0.25) is 0 Å². The molecule has 2 aromatic rings. The van der Waals surface area contributed by atoms with E-state index in [1.165, 1.54) is 24.3 Å². The summed E-state index contributed by atoms with van der Waals surface area (Å²) >= 11 is 0. The maximum absolute atomic E-state index is 11.4. The highest BCUT2D eigenvalue weighted by Crippen LogP contribution is 2.30. The summed E-state index contributed by atoms with van der Waals surface area (Å²) in [5, 5.41) is 20.1. The van der Waals surface area contributed by atoms with Gasteiger partial charge in [-0.1, -0.05) is 12.1 Å². The Kier molecular flexibility index (Phi) is 4.46. The number of carbonyl (C=O) groups is 1. The first-order chi connectivity index (χ1) is 10.1. The van der Waals surface area contributed by atoms with Gasteiger partial charge in [0, 0.05) is 11.6 Å².